The van der Waals surface area contributed by atoms with Crippen LogP contribution < -0.4 is 0 Å². The monoisotopic (exact) mass is 761 g/mol. The fourth-order valence-electron chi connectivity index (χ4n) is 9.53. The first-order chi connectivity index (χ1) is 28.2. The molecule has 0 unspecified atom stereocenters. The Balaban J connectivity index is 1.19. The maximum Gasteiger partial charge on any atom is 0.161 e. The highest BCUT2D eigenvalue weighted by Gasteiger charge is 2.26. The van der Waals surface area contributed by atoms with E-state index in [0.717, 1.165) is 33.9 Å². The van der Waals surface area contributed by atoms with Gasteiger partial charge in [-0.15, -0.1) is 22.7 Å². The summed E-state index contributed by atoms with van der Waals surface area (Å²) >= 11 is 3.72. The topological polar surface area (TPSA) is 30.7 Å². The molecule has 1 aliphatic rings. The minimum atomic E-state index is 0.701. The van der Waals surface area contributed by atoms with Crippen molar-refractivity contribution in [2.45, 2.75) is 13.0 Å². The number of hydrogen-bond acceptors (Lipinski definition) is 4. The number of hydrogen-bond donors (Lipinski definition) is 0. The molecule has 0 amide bonds. The van der Waals surface area contributed by atoms with Crippen molar-refractivity contribution in [2.75, 3.05) is 0 Å². The Morgan fingerprint density at radius 1 is 0.439 bits per heavy atom. The van der Waals surface area contributed by atoms with Gasteiger partial charge in [0.05, 0.1) is 16.9 Å². The number of thiophene rings is 2. The van der Waals surface area contributed by atoms with E-state index < -0.39 is 0 Å². The number of fused-ring (bicyclic) bond motifs is 15. The first-order valence-electron chi connectivity index (χ1n) is 19.5. The summed E-state index contributed by atoms with van der Waals surface area (Å²) in [6.07, 6.45) is 0.701. The largest absolute Gasteiger partial charge is 0.336 e. The van der Waals surface area contributed by atoms with Gasteiger partial charge in [-0.05, 0) is 64.4 Å². The third-order valence-corrected chi connectivity index (χ3v) is 14.4. The quantitative estimate of drug-likeness (QED) is 0.176. The molecule has 0 fully saturated rings. The molecule has 0 saturated heterocycles. The number of nitrogens with zero attached hydrogens (tertiary/aromatic N) is 3. The normalized spacial score (nSPS) is 12.8. The average Bonchev–Trinajstić information content (AvgIpc) is 3.93. The van der Waals surface area contributed by atoms with Gasteiger partial charge in [0.1, 0.15) is 0 Å². The Morgan fingerprint density at radius 3 is 1.93 bits per heavy atom. The molecule has 0 aliphatic carbocycles. The summed E-state index contributed by atoms with van der Waals surface area (Å²) < 4.78 is 7.70. The first kappa shape index (κ1) is 31.5. The van der Waals surface area contributed by atoms with E-state index in [4.69, 9.17) is 9.97 Å². The van der Waals surface area contributed by atoms with Crippen LogP contribution in [0.25, 0.3) is 107 Å². The standard InChI is InChI=1S/C52H31N3S2/c1-2-11-31(12-3-1)50-40-25-30-21-22-34-39-27-32-13-4-5-14-33(32)28-43(39)55(42(34)26-30)29-41-35(23-24-47-49(41)37-16-7-9-19-45(37)57-47)51(40)54-52(53-50)38-17-10-20-46-48(38)36-15-6-8-18-44(36)56-46/h1-24,26-28H,25,29H2. The van der Waals surface area contributed by atoms with E-state index in [1.165, 1.54) is 89.6 Å². The van der Waals surface area contributed by atoms with Crippen molar-refractivity contribution in [1.29, 1.82) is 0 Å². The molecule has 1 aliphatic heterocycles. The minimum absolute atomic E-state index is 0.701. The molecule has 0 spiro atoms. The summed E-state index contributed by atoms with van der Waals surface area (Å²) in [4.78, 5) is 11.4. The van der Waals surface area contributed by atoms with E-state index in [1.54, 1.807) is 0 Å². The third kappa shape index (κ3) is 4.64. The second-order valence-electron chi connectivity index (χ2n) is 15.3. The van der Waals surface area contributed by atoms with E-state index in [1.807, 2.05) is 22.7 Å². The van der Waals surface area contributed by atoms with Crippen LogP contribution in [0.4, 0.5) is 0 Å². The summed E-state index contributed by atoms with van der Waals surface area (Å²) in [5, 5.41) is 10.2. The van der Waals surface area contributed by atoms with Crippen LogP contribution in [-0.2, 0) is 13.0 Å². The highest BCUT2D eigenvalue weighted by atomic mass is 32.1. The third-order valence-electron chi connectivity index (χ3n) is 12.1. The zero-order chi connectivity index (χ0) is 37.2. The van der Waals surface area contributed by atoms with Crippen LogP contribution >= 0.6 is 22.7 Å². The van der Waals surface area contributed by atoms with Crippen LogP contribution in [0.5, 0.6) is 0 Å². The molecule has 8 aromatic carbocycles. The molecule has 13 rings (SSSR count). The van der Waals surface area contributed by atoms with Crippen molar-refractivity contribution in [1.82, 2.24) is 14.5 Å². The molecule has 5 heteroatoms. The van der Waals surface area contributed by atoms with Crippen LogP contribution in [0.15, 0.2) is 164 Å². The van der Waals surface area contributed by atoms with Gasteiger partial charge in [-0.2, -0.15) is 0 Å². The van der Waals surface area contributed by atoms with Gasteiger partial charge in [-0.25, -0.2) is 9.97 Å². The fourth-order valence-corrected chi connectivity index (χ4v) is 11.8. The first-order valence-corrected chi connectivity index (χ1v) is 21.1. The molecule has 0 atom stereocenters. The Labute approximate surface area is 335 Å². The van der Waals surface area contributed by atoms with E-state index in [9.17, 15) is 0 Å². The lowest BCUT2D eigenvalue weighted by Gasteiger charge is -2.22. The molecule has 0 saturated carbocycles. The van der Waals surface area contributed by atoms with E-state index in [-0.39, 0.29) is 0 Å². The zero-order valence-electron chi connectivity index (χ0n) is 30.7. The summed E-state index contributed by atoms with van der Waals surface area (Å²) in [7, 11) is 0. The highest BCUT2D eigenvalue weighted by molar-refractivity contribution is 7.26. The molecule has 0 N–H and O–H groups in total. The SMILES string of the molecule is c1ccc(-c2nc(-c3cccc4sc5ccccc5c34)nc3c2Cc2ccc4c5cc6ccccc6cc5n(c4c2)Cc2c-3ccc3sc4ccccc4c23)cc1. The van der Waals surface area contributed by atoms with Gasteiger partial charge in [0.2, 0.25) is 0 Å². The number of aromatic nitrogens is 3. The lowest BCUT2D eigenvalue weighted by molar-refractivity contribution is 0.874. The molecule has 3 nitrogen and oxygen atoms in total. The Morgan fingerprint density at radius 2 is 1.11 bits per heavy atom. The van der Waals surface area contributed by atoms with Gasteiger partial charge in [0.15, 0.2) is 5.82 Å². The number of benzene rings is 8. The zero-order valence-corrected chi connectivity index (χ0v) is 32.3. The Kier molecular flexibility index (Phi) is 6.60. The predicted molar refractivity (Wildman–Crippen MR) is 243 cm³/mol. The fraction of sp³-hybridized carbons (Fsp3) is 0.0385. The smallest absolute Gasteiger partial charge is 0.161 e. The molecule has 266 valence electrons. The average molecular weight is 762 g/mol. The van der Waals surface area contributed by atoms with Crippen LogP contribution in [-0.4, -0.2) is 14.5 Å². The van der Waals surface area contributed by atoms with Crippen LogP contribution in [0.3, 0.4) is 0 Å². The molecule has 5 heterocycles. The maximum absolute atomic E-state index is 5.76. The molecule has 4 aromatic heterocycles. The van der Waals surface area contributed by atoms with Gasteiger partial charge >= 0.3 is 0 Å². The van der Waals surface area contributed by atoms with Crippen molar-refractivity contribution in [3.8, 4) is 33.9 Å². The van der Waals surface area contributed by atoms with Gasteiger partial charge in [-0.1, -0.05) is 121 Å². The minimum Gasteiger partial charge on any atom is -0.336 e. The second-order valence-corrected chi connectivity index (χ2v) is 17.4. The summed E-state index contributed by atoms with van der Waals surface area (Å²) in [5.74, 6) is 0.758. The van der Waals surface area contributed by atoms with Crippen molar-refractivity contribution < 1.29 is 0 Å². The Bertz CT molecular complexity index is 3640. The molecule has 0 radical (unpaired) electrons. The lowest BCUT2D eigenvalue weighted by atomic mass is 9.90. The van der Waals surface area contributed by atoms with Crippen LogP contribution in [0, 0.1) is 0 Å². The van der Waals surface area contributed by atoms with Crippen molar-refractivity contribution in [2.24, 2.45) is 0 Å². The van der Waals surface area contributed by atoms with Crippen molar-refractivity contribution >= 4 is 95.6 Å². The van der Waals surface area contributed by atoms with Crippen LogP contribution in [0.2, 0.25) is 0 Å². The van der Waals surface area contributed by atoms with Crippen molar-refractivity contribution in [3.05, 3.63) is 180 Å². The maximum atomic E-state index is 5.76. The van der Waals surface area contributed by atoms with Gasteiger partial charge in [0.25, 0.3) is 0 Å². The van der Waals surface area contributed by atoms with E-state index in [0.29, 0.717) is 13.0 Å². The predicted octanol–water partition coefficient (Wildman–Crippen LogP) is 14.4. The van der Waals surface area contributed by atoms with Gasteiger partial charge < -0.3 is 4.57 Å². The molecule has 2 bridgehead atoms. The van der Waals surface area contributed by atoms with Crippen molar-refractivity contribution in [3.63, 3.8) is 0 Å². The lowest BCUT2D eigenvalue weighted by Crippen LogP contribution is -2.09. The second kappa shape index (κ2) is 11.9. The Hall–Kier alpha value is -6.66. The van der Waals surface area contributed by atoms with Gasteiger partial charge in [0, 0.05) is 91.9 Å². The molecule has 57 heavy (non-hydrogen) atoms. The summed E-state index contributed by atoms with van der Waals surface area (Å²) in [6, 6.07) is 60.3. The number of rotatable bonds is 2. The molecule has 12 aromatic rings. The molecular weight excluding hydrogens is 731 g/mol. The summed E-state index contributed by atoms with van der Waals surface area (Å²) in [6.45, 7) is 0.708. The van der Waals surface area contributed by atoms with Gasteiger partial charge in [-0.3, -0.25) is 0 Å². The van der Waals surface area contributed by atoms with E-state index >= 15 is 0 Å². The summed E-state index contributed by atoms with van der Waals surface area (Å²) in [5.41, 5.74) is 11.6. The van der Waals surface area contributed by atoms with Crippen LogP contribution in [0.1, 0.15) is 16.7 Å². The highest BCUT2D eigenvalue weighted by Crippen LogP contribution is 2.46. The molecular formula is C52H31N3S2. The van der Waals surface area contributed by atoms with E-state index in [2.05, 4.69) is 168 Å².